The van der Waals surface area contributed by atoms with Crippen LogP contribution in [0.1, 0.15) is 22.7 Å². The molecule has 3 heteroatoms. The molecule has 0 amide bonds. The first-order valence-electron chi connectivity index (χ1n) is 7.47. The summed E-state index contributed by atoms with van der Waals surface area (Å²) < 4.78 is 5.21. The highest BCUT2D eigenvalue weighted by Crippen LogP contribution is 2.37. The molecule has 21 heavy (non-hydrogen) atoms. The minimum Gasteiger partial charge on any atom is -0.379 e. The van der Waals surface area contributed by atoms with Gasteiger partial charge in [-0.25, -0.2) is 0 Å². The Hall–Kier alpha value is -1.29. The van der Waals surface area contributed by atoms with Crippen LogP contribution in [0.15, 0.2) is 42.5 Å². The monoisotopic (exact) mass is 297 g/mol. The number of ether oxygens (including phenoxy) is 1. The SMILES string of the molecule is NC(CSC1COC1)c1ccc2c(c1)Cc1ccccc1-2. The second-order valence-electron chi connectivity index (χ2n) is 5.85. The molecule has 108 valence electrons. The molecule has 4 rings (SSSR count). The Kier molecular flexibility index (Phi) is 3.49. The van der Waals surface area contributed by atoms with E-state index in [4.69, 9.17) is 10.5 Å². The first kappa shape index (κ1) is 13.4. The summed E-state index contributed by atoms with van der Waals surface area (Å²) in [5.74, 6) is 0.972. The Labute approximate surface area is 129 Å². The van der Waals surface area contributed by atoms with E-state index in [1.165, 1.54) is 27.8 Å². The van der Waals surface area contributed by atoms with Gasteiger partial charge < -0.3 is 10.5 Å². The zero-order chi connectivity index (χ0) is 14.2. The molecule has 1 atom stereocenters. The van der Waals surface area contributed by atoms with Crippen LogP contribution in [-0.2, 0) is 11.2 Å². The molecule has 2 N–H and O–H groups in total. The van der Waals surface area contributed by atoms with E-state index in [1.807, 2.05) is 11.8 Å². The molecule has 1 heterocycles. The van der Waals surface area contributed by atoms with Crippen LogP contribution in [0.2, 0.25) is 0 Å². The average molecular weight is 297 g/mol. The van der Waals surface area contributed by atoms with Crippen LogP contribution in [0.3, 0.4) is 0 Å². The summed E-state index contributed by atoms with van der Waals surface area (Å²) in [6.07, 6.45) is 1.04. The third-order valence-corrected chi connectivity index (χ3v) is 5.66. The van der Waals surface area contributed by atoms with Crippen molar-refractivity contribution in [2.75, 3.05) is 19.0 Å². The van der Waals surface area contributed by atoms with Crippen LogP contribution >= 0.6 is 11.8 Å². The summed E-state index contributed by atoms with van der Waals surface area (Å²) in [7, 11) is 0. The zero-order valence-electron chi connectivity index (χ0n) is 11.9. The number of benzene rings is 2. The summed E-state index contributed by atoms with van der Waals surface area (Å²) in [5.41, 5.74) is 13.2. The minimum absolute atomic E-state index is 0.115. The van der Waals surface area contributed by atoms with E-state index in [1.54, 1.807) is 0 Å². The van der Waals surface area contributed by atoms with Gasteiger partial charge in [0.2, 0.25) is 0 Å². The fraction of sp³-hybridized carbons (Fsp3) is 0.333. The van der Waals surface area contributed by atoms with Crippen molar-refractivity contribution in [3.63, 3.8) is 0 Å². The second-order valence-corrected chi connectivity index (χ2v) is 7.18. The van der Waals surface area contributed by atoms with Gasteiger partial charge in [-0.2, -0.15) is 11.8 Å². The predicted octanol–water partition coefficient (Wildman–Crippen LogP) is 3.39. The number of rotatable bonds is 4. The van der Waals surface area contributed by atoms with E-state index in [2.05, 4.69) is 42.5 Å². The first-order chi connectivity index (χ1) is 10.3. The van der Waals surface area contributed by atoms with Crippen molar-refractivity contribution in [1.29, 1.82) is 0 Å². The van der Waals surface area contributed by atoms with Gasteiger partial charge in [-0.05, 0) is 34.2 Å². The van der Waals surface area contributed by atoms with Gasteiger partial charge in [0.1, 0.15) is 0 Å². The Morgan fingerprint density at radius 3 is 2.71 bits per heavy atom. The smallest absolute Gasteiger partial charge is 0.0607 e. The highest BCUT2D eigenvalue weighted by atomic mass is 32.2. The largest absolute Gasteiger partial charge is 0.379 e. The number of thioether (sulfide) groups is 1. The van der Waals surface area contributed by atoms with E-state index in [0.29, 0.717) is 5.25 Å². The van der Waals surface area contributed by atoms with E-state index in [9.17, 15) is 0 Å². The van der Waals surface area contributed by atoms with Gasteiger partial charge in [-0.3, -0.25) is 0 Å². The molecule has 2 aromatic carbocycles. The standard InChI is InChI=1S/C18H19NOS/c19-18(11-21-15-9-20-10-15)13-5-6-17-14(8-13)7-12-3-1-2-4-16(12)17/h1-6,8,15,18H,7,9-11,19H2. The molecule has 1 saturated heterocycles. The molecule has 0 bridgehead atoms. The molecular weight excluding hydrogens is 278 g/mol. The number of nitrogens with two attached hydrogens (primary N) is 1. The molecule has 0 aromatic heterocycles. The molecule has 1 aliphatic carbocycles. The highest BCUT2D eigenvalue weighted by molar-refractivity contribution is 8.00. The quantitative estimate of drug-likeness (QED) is 0.801. The average Bonchev–Trinajstić information content (AvgIpc) is 2.83. The van der Waals surface area contributed by atoms with Gasteiger partial charge in [-0.1, -0.05) is 42.5 Å². The van der Waals surface area contributed by atoms with Gasteiger partial charge in [0, 0.05) is 11.8 Å². The van der Waals surface area contributed by atoms with Crippen molar-refractivity contribution in [1.82, 2.24) is 0 Å². The van der Waals surface area contributed by atoms with Gasteiger partial charge in [0.25, 0.3) is 0 Å². The summed E-state index contributed by atoms with van der Waals surface area (Å²) in [6.45, 7) is 1.77. The summed E-state index contributed by atoms with van der Waals surface area (Å²) >= 11 is 1.94. The van der Waals surface area contributed by atoms with E-state index in [-0.39, 0.29) is 6.04 Å². The maximum atomic E-state index is 6.36. The predicted molar refractivity (Wildman–Crippen MR) is 88.7 cm³/mol. The molecule has 2 aromatic rings. The van der Waals surface area contributed by atoms with E-state index >= 15 is 0 Å². The first-order valence-corrected chi connectivity index (χ1v) is 8.52. The van der Waals surface area contributed by atoms with E-state index in [0.717, 1.165) is 25.4 Å². The number of hydrogen-bond donors (Lipinski definition) is 1. The maximum Gasteiger partial charge on any atom is 0.0607 e. The van der Waals surface area contributed by atoms with Crippen LogP contribution in [0, 0.1) is 0 Å². The lowest BCUT2D eigenvalue weighted by molar-refractivity contribution is 0.0455. The van der Waals surface area contributed by atoms with Crippen LogP contribution in [-0.4, -0.2) is 24.2 Å². The third-order valence-electron chi connectivity index (χ3n) is 4.36. The molecule has 1 aliphatic heterocycles. The lowest BCUT2D eigenvalue weighted by Crippen LogP contribution is -2.31. The Bertz CT molecular complexity index is 666. The fourth-order valence-electron chi connectivity index (χ4n) is 3.04. The van der Waals surface area contributed by atoms with Gasteiger partial charge in [0.15, 0.2) is 0 Å². The lowest BCUT2D eigenvalue weighted by Gasteiger charge is -2.26. The van der Waals surface area contributed by atoms with Crippen LogP contribution in [0.25, 0.3) is 11.1 Å². The van der Waals surface area contributed by atoms with E-state index < -0.39 is 0 Å². The van der Waals surface area contributed by atoms with Crippen molar-refractivity contribution >= 4 is 11.8 Å². The molecule has 2 nitrogen and oxygen atoms in total. The summed E-state index contributed by atoms with van der Waals surface area (Å²) in [4.78, 5) is 0. The summed E-state index contributed by atoms with van der Waals surface area (Å²) in [5, 5.41) is 0.648. The zero-order valence-corrected chi connectivity index (χ0v) is 12.7. The molecule has 0 spiro atoms. The fourth-order valence-corrected chi connectivity index (χ4v) is 4.10. The molecular formula is C18H19NOS. The lowest BCUT2D eigenvalue weighted by atomic mass is 10.0. The van der Waals surface area contributed by atoms with Crippen molar-refractivity contribution in [3.05, 3.63) is 59.2 Å². The minimum atomic E-state index is 0.115. The van der Waals surface area contributed by atoms with Gasteiger partial charge in [0.05, 0.1) is 18.5 Å². The normalized spacial score (nSPS) is 18.0. The van der Waals surface area contributed by atoms with Crippen molar-refractivity contribution in [3.8, 4) is 11.1 Å². The maximum absolute atomic E-state index is 6.36. The molecule has 1 fully saturated rings. The van der Waals surface area contributed by atoms with Crippen molar-refractivity contribution < 1.29 is 4.74 Å². The van der Waals surface area contributed by atoms with Gasteiger partial charge >= 0.3 is 0 Å². The van der Waals surface area contributed by atoms with Crippen LogP contribution in [0.5, 0.6) is 0 Å². The summed E-state index contributed by atoms with van der Waals surface area (Å²) in [6, 6.07) is 15.5. The van der Waals surface area contributed by atoms with Gasteiger partial charge in [-0.15, -0.1) is 0 Å². The van der Waals surface area contributed by atoms with Crippen LogP contribution < -0.4 is 5.73 Å². The van der Waals surface area contributed by atoms with Crippen LogP contribution in [0.4, 0.5) is 0 Å². The topological polar surface area (TPSA) is 35.2 Å². The molecule has 1 unspecified atom stereocenters. The molecule has 0 radical (unpaired) electrons. The van der Waals surface area contributed by atoms with Crippen molar-refractivity contribution in [2.45, 2.75) is 17.7 Å². The highest BCUT2D eigenvalue weighted by Gasteiger charge is 2.22. The molecule has 0 saturated carbocycles. The Morgan fingerprint density at radius 2 is 1.90 bits per heavy atom. The second kappa shape index (κ2) is 5.48. The Balaban J connectivity index is 1.52. The molecule has 2 aliphatic rings. The Morgan fingerprint density at radius 1 is 1.10 bits per heavy atom. The third kappa shape index (κ3) is 2.50. The number of hydrogen-bond acceptors (Lipinski definition) is 3. The number of fused-ring (bicyclic) bond motifs is 3. The van der Waals surface area contributed by atoms with Crippen molar-refractivity contribution in [2.24, 2.45) is 5.73 Å².